The first-order valence-electron chi connectivity index (χ1n) is 9.72. The van der Waals surface area contributed by atoms with Crippen LogP contribution in [0, 0.1) is 0 Å². The Bertz CT molecular complexity index is 1170. The molecule has 3 heterocycles. The van der Waals surface area contributed by atoms with Gasteiger partial charge in [0.2, 0.25) is 0 Å². The Morgan fingerprint density at radius 3 is 2.34 bits per heavy atom. The van der Waals surface area contributed by atoms with Crippen LogP contribution in [0.3, 0.4) is 0 Å². The molecule has 6 nitrogen and oxygen atoms in total. The highest BCUT2D eigenvalue weighted by atomic mass is 16.2. The van der Waals surface area contributed by atoms with E-state index in [0.717, 1.165) is 24.3 Å². The number of nitrogens with zero attached hydrogens (tertiary/aromatic N) is 3. The summed E-state index contributed by atoms with van der Waals surface area (Å²) in [7, 11) is 0. The molecule has 4 aromatic rings. The van der Waals surface area contributed by atoms with Crippen molar-refractivity contribution in [2.45, 2.75) is 19.4 Å². The van der Waals surface area contributed by atoms with E-state index in [2.05, 4.69) is 32.9 Å². The van der Waals surface area contributed by atoms with E-state index in [1.165, 1.54) is 15.8 Å². The Balaban J connectivity index is 1.33. The fraction of sp³-hybridized carbons (Fsp3) is 0.174. The number of imide groups is 1. The molecule has 144 valence electrons. The zero-order valence-electron chi connectivity index (χ0n) is 15.8. The maximum atomic E-state index is 12.5. The van der Waals surface area contributed by atoms with Gasteiger partial charge in [-0.2, -0.15) is 0 Å². The minimum atomic E-state index is -0.193. The summed E-state index contributed by atoms with van der Waals surface area (Å²) >= 11 is 0. The molecule has 1 aliphatic heterocycles. The zero-order valence-corrected chi connectivity index (χ0v) is 15.8. The number of aromatic nitrogens is 3. The Kier molecular flexibility index (Phi) is 4.24. The fourth-order valence-electron chi connectivity index (χ4n) is 4.07. The summed E-state index contributed by atoms with van der Waals surface area (Å²) in [5.41, 5.74) is 3.36. The summed E-state index contributed by atoms with van der Waals surface area (Å²) < 4.78 is 2.20. The maximum absolute atomic E-state index is 12.5. The van der Waals surface area contributed by atoms with Crippen LogP contribution in [0.4, 0.5) is 0 Å². The maximum Gasteiger partial charge on any atom is 0.261 e. The number of carbonyl (C=O) groups is 2. The van der Waals surface area contributed by atoms with Gasteiger partial charge < -0.3 is 9.55 Å². The molecular formula is C23H20N4O2. The van der Waals surface area contributed by atoms with Gasteiger partial charge in [0.1, 0.15) is 5.82 Å². The summed E-state index contributed by atoms with van der Waals surface area (Å²) in [5, 5.41) is 1.20. The number of fused-ring (bicyclic) bond motifs is 2. The number of H-pyrrole nitrogens is 1. The van der Waals surface area contributed by atoms with Gasteiger partial charge >= 0.3 is 0 Å². The van der Waals surface area contributed by atoms with Gasteiger partial charge in [-0.25, -0.2) is 4.98 Å². The van der Waals surface area contributed by atoms with Crippen LogP contribution < -0.4 is 0 Å². The lowest BCUT2D eigenvalue weighted by atomic mass is 10.1. The number of hydrogen-bond acceptors (Lipinski definition) is 3. The van der Waals surface area contributed by atoms with Gasteiger partial charge in [-0.15, -0.1) is 0 Å². The lowest BCUT2D eigenvalue weighted by Gasteiger charge is -2.14. The van der Waals surface area contributed by atoms with Crippen LogP contribution in [0.5, 0.6) is 0 Å². The standard InChI is InChI=1S/C23H20N4O2/c28-22-18-7-1-2-8-19(18)23(29)27(22)13-5-12-26-15-16(14-21-24-10-11-25-21)17-6-3-4-9-20(17)26/h1-4,6-11,15H,5,12-14H2,(H,24,25). The third-order valence-corrected chi connectivity index (χ3v) is 5.44. The number of aromatic amines is 1. The molecule has 1 aliphatic rings. The van der Waals surface area contributed by atoms with E-state index in [0.29, 0.717) is 24.1 Å². The van der Waals surface area contributed by atoms with E-state index in [-0.39, 0.29) is 11.8 Å². The van der Waals surface area contributed by atoms with Gasteiger partial charge in [0.05, 0.1) is 11.1 Å². The van der Waals surface area contributed by atoms with Crippen molar-refractivity contribution < 1.29 is 9.59 Å². The van der Waals surface area contributed by atoms with Crippen molar-refractivity contribution in [1.29, 1.82) is 0 Å². The first-order chi connectivity index (χ1) is 14.2. The number of rotatable bonds is 6. The number of carbonyl (C=O) groups excluding carboxylic acids is 2. The van der Waals surface area contributed by atoms with Gasteiger partial charge in [-0.3, -0.25) is 14.5 Å². The highest BCUT2D eigenvalue weighted by Gasteiger charge is 2.34. The summed E-state index contributed by atoms with van der Waals surface area (Å²) in [5.74, 6) is 0.543. The number of para-hydroxylation sites is 1. The van der Waals surface area contributed by atoms with Crippen LogP contribution in [0.2, 0.25) is 0 Å². The minimum absolute atomic E-state index is 0.193. The average molecular weight is 384 g/mol. The molecule has 2 aromatic carbocycles. The van der Waals surface area contributed by atoms with E-state index in [9.17, 15) is 9.59 Å². The molecule has 0 saturated heterocycles. The molecule has 5 rings (SSSR count). The van der Waals surface area contributed by atoms with Crippen LogP contribution >= 0.6 is 0 Å². The summed E-state index contributed by atoms with van der Waals surface area (Å²) in [6.45, 7) is 1.14. The summed E-state index contributed by atoms with van der Waals surface area (Å²) in [4.78, 5) is 33.9. The number of nitrogens with one attached hydrogen (secondary N) is 1. The van der Waals surface area contributed by atoms with Gasteiger partial charge in [-0.1, -0.05) is 30.3 Å². The molecule has 6 heteroatoms. The monoisotopic (exact) mass is 384 g/mol. The molecule has 0 radical (unpaired) electrons. The number of amides is 2. The van der Waals surface area contributed by atoms with Crippen molar-refractivity contribution in [3.05, 3.63) is 89.6 Å². The minimum Gasteiger partial charge on any atom is -0.348 e. The predicted octanol–water partition coefficient (Wildman–Crippen LogP) is 3.64. The van der Waals surface area contributed by atoms with Crippen LogP contribution in [-0.2, 0) is 13.0 Å². The lowest BCUT2D eigenvalue weighted by molar-refractivity contribution is 0.0651. The molecule has 0 unspecified atom stereocenters. The van der Waals surface area contributed by atoms with Crippen LogP contribution in [0.15, 0.2) is 67.1 Å². The number of aryl methyl sites for hydroxylation is 1. The van der Waals surface area contributed by atoms with Crippen molar-refractivity contribution in [3.8, 4) is 0 Å². The molecule has 29 heavy (non-hydrogen) atoms. The van der Waals surface area contributed by atoms with E-state index >= 15 is 0 Å². The second-order valence-electron chi connectivity index (χ2n) is 7.24. The lowest BCUT2D eigenvalue weighted by Crippen LogP contribution is -2.31. The van der Waals surface area contributed by atoms with Gasteiger partial charge in [0.25, 0.3) is 11.8 Å². The molecule has 0 fully saturated rings. The highest BCUT2D eigenvalue weighted by Crippen LogP contribution is 2.25. The Morgan fingerprint density at radius 2 is 1.62 bits per heavy atom. The van der Waals surface area contributed by atoms with Crippen molar-refractivity contribution in [1.82, 2.24) is 19.4 Å². The van der Waals surface area contributed by atoms with E-state index in [4.69, 9.17) is 0 Å². The third-order valence-electron chi connectivity index (χ3n) is 5.44. The van der Waals surface area contributed by atoms with E-state index in [1.54, 1.807) is 30.5 Å². The molecule has 0 bridgehead atoms. The molecule has 2 amide bonds. The summed E-state index contributed by atoms with van der Waals surface area (Å²) in [6, 6.07) is 15.3. The third kappa shape index (κ3) is 3.02. The quantitative estimate of drug-likeness (QED) is 0.516. The van der Waals surface area contributed by atoms with Crippen molar-refractivity contribution in [2.24, 2.45) is 0 Å². The number of hydrogen-bond donors (Lipinski definition) is 1. The Hall–Kier alpha value is -3.67. The van der Waals surface area contributed by atoms with E-state index in [1.807, 2.05) is 18.3 Å². The summed E-state index contributed by atoms with van der Waals surface area (Å²) in [6.07, 6.45) is 7.17. The largest absolute Gasteiger partial charge is 0.348 e. The van der Waals surface area contributed by atoms with Crippen LogP contribution in [0.1, 0.15) is 38.5 Å². The fourth-order valence-corrected chi connectivity index (χ4v) is 4.07. The predicted molar refractivity (Wildman–Crippen MR) is 110 cm³/mol. The van der Waals surface area contributed by atoms with Gasteiger partial charge in [0, 0.05) is 49.0 Å². The first-order valence-corrected chi connectivity index (χ1v) is 9.72. The SMILES string of the molecule is O=C1c2ccccc2C(=O)N1CCCn1cc(Cc2ncc[nH]2)c2ccccc21. The normalized spacial score (nSPS) is 13.4. The Labute approximate surface area is 167 Å². The smallest absolute Gasteiger partial charge is 0.261 e. The molecule has 0 saturated carbocycles. The van der Waals surface area contributed by atoms with Crippen molar-refractivity contribution in [3.63, 3.8) is 0 Å². The molecular weight excluding hydrogens is 364 g/mol. The van der Waals surface area contributed by atoms with Gasteiger partial charge in [0.15, 0.2) is 0 Å². The van der Waals surface area contributed by atoms with Crippen LogP contribution in [0.25, 0.3) is 10.9 Å². The van der Waals surface area contributed by atoms with Gasteiger partial charge in [-0.05, 0) is 30.2 Å². The van der Waals surface area contributed by atoms with Crippen molar-refractivity contribution >= 4 is 22.7 Å². The topological polar surface area (TPSA) is 71.0 Å². The Morgan fingerprint density at radius 1 is 0.897 bits per heavy atom. The van der Waals surface area contributed by atoms with Crippen molar-refractivity contribution in [2.75, 3.05) is 6.54 Å². The molecule has 0 spiro atoms. The van der Waals surface area contributed by atoms with E-state index < -0.39 is 0 Å². The molecule has 2 aromatic heterocycles. The number of imidazole rings is 1. The first kappa shape index (κ1) is 17.4. The average Bonchev–Trinajstić information content (AvgIpc) is 3.44. The number of benzene rings is 2. The molecule has 0 atom stereocenters. The molecule has 0 aliphatic carbocycles. The second kappa shape index (κ2) is 7.05. The zero-order chi connectivity index (χ0) is 19.8. The van der Waals surface area contributed by atoms with Crippen LogP contribution in [-0.4, -0.2) is 37.8 Å². The second-order valence-corrected chi connectivity index (χ2v) is 7.24. The molecule has 1 N–H and O–H groups in total. The highest BCUT2D eigenvalue weighted by molar-refractivity contribution is 6.21.